The number of ether oxygens (including phenoxy) is 2. The van der Waals surface area contributed by atoms with Gasteiger partial charge in [-0.3, -0.25) is 34.4 Å². The topological polar surface area (TPSA) is 129 Å². The van der Waals surface area contributed by atoms with Gasteiger partial charge in [-0.2, -0.15) is 5.01 Å². The van der Waals surface area contributed by atoms with E-state index in [9.17, 15) is 19.5 Å². The fraction of sp³-hybridized carbons (Fsp3) is 0.347. The lowest BCUT2D eigenvalue weighted by Gasteiger charge is -2.49. The van der Waals surface area contributed by atoms with E-state index in [1.165, 1.54) is 24.8 Å². The van der Waals surface area contributed by atoms with E-state index in [1.807, 2.05) is 91.9 Å². The molecule has 0 spiro atoms. The Hall–Kier alpha value is -6.20. The lowest BCUT2D eigenvalue weighted by molar-refractivity contribution is -0.144. The predicted molar refractivity (Wildman–Crippen MR) is 226 cm³/mol. The summed E-state index contributed by atoms with van der Waals surface area (Å²) in [6.45, 7) is 4.35. The summed E-state index contributed by atoms with van der Waals surface area (Å²) in [6, 6.07) is 30.5. The van der Waals surface area contributed by atoms with Crippen molar-refractivity contribution in [3.05, 3.63) is 137 Å². The molecule has 60 heavy (non-hydrogen) atoms. The molecule has 4 fully saturated rings. The van der Waals surface area contributed by atoms with Crippen molar-refractivity contribution < 1.29 is 33.8 Å². The van der Waals surface area contributed by atoms with Crippen molar-refractivity contribution in [2.24, 2.45) is 29.6 Å². The Labute approximate surface area is 350 Å². The van der Waals surface area contributed by atoms with Crippen LogP contribution in [-0.4, -0.2) is 76.9 Å². The van der Waals surface area contributed by atoms with E-state index in [0.29, 0.717) is 36.1 Å². The molecule has 3 aliphatic heterocycles. The number of aryl methyl sites for hydroxylation is 1. The summed E-state index contributed by atoms with van der Waals surface area (Å²) in [5.41, 5.74) is 6.85. The number of hydrogen-bond donors (Lipinski definition) is 2. The fourth-order valence-electron chi connectivity index (χ4n) is 10.8. The highest BCUT2D eigenvalue weighted by Crippen LogP contribution is 2.61. The summed E-state index contributed by atoms with van der Waals surface area (Å²) < 4.78 is 10.9. The Balaban J connectivity index is 1.11. The van der Waals surface area contributed by atoms with Crippen LogP contribution in [0.15, 0.2) is 115 Å². The van der Waals surface area contributed by atoms with Crippen LogP contribution >= 0.6 is 0 Å². The minimum Gasteiger partial charge on any atom is -0.502 e. The third-order valence-electron chi connectivity index (χ3n) is 13.6. The zero-order chi connectivity index (χ0) is 41.7. The van der Waals surface area contributed by atoms with Gasteiger partial charge in [0, 0.05) is 31.6 Å². The summed E-state index contributed by atoms with van der Waals surface area (Å²) in [4.78, 5) is 63.6. The minimum atomic E-state index is -1.39. The zero-order valence-corrected chi connectivity index (χ0v) is 34.1. The second-order valence-electron chi connectivity index (χ2n) is 16.8. The van der Waals surface area contributed by atoms with Crippen molar-refractivity contribution in [3.8, 4) is 17.2 Å². The van der Waals surface area contributed by atoms with Gasteiger partial charge in [0.15, 0.2) is 11.5 Å². The van der Waals surface area contributed by atoms with Crippen molar-refractivity contribution in [2.45, 2.75) is 50.6 Å². The number of likely N-dealkylation sites (tertiary alicyclic amines) is 2. The number of carbonyl (C=O) groups excluding carboxylic acids is 4. The number of phenolic OH excluding ortho intramolecular Hbond substituents is 1. The molecule has 6 unspecified atom stereocenters. The number of hydrogen-bond acceptors (Lipinski definition) is 9. The Morgan fingerprint density at radius 2 is 1.47 bits per heavy atom. The van der Waals surface area contributed by atoms with Crippen LogP contribution in [0.25, 0.3) is 6.08 Å². The lowest BCUT2D eigenvalue weighted by atomic mass is 9.50. The number of allylic oxidation sites excluding steroid dienone is 3. The molecule has 4 aromatic carbocycles. The molecule has 2 aliphatic carbocycles. The van der Waals surface area contributed by atoms with Gasteiger partial charge in [0.2, 0.25) is 17.6 Å². The van der Waals surface area contributed by atoms with Crippen LogP contribution in [0.1, 0.15) is 47.9 Å². The van der Waals surface area contributed by atoms with Gasteiger partial charge in [-0.15, -0.1) is 0 Å². The van der Waals surface area contributed by atoms with E-state index in [4.69, 9.17) is 9.47 Å². The number of methoxy groups -OCH3 is 2. The van der Waals surface area contributed by atoms with Crippen LogP contribution in [0.2, 0.25) is 0 Å². The van der Waals surface area contributed by atoms with Crippen LogP contribution in [0.5, 0.6) is 17.2 Å². The van der Waals surface area contributed by atoms with Gasteiger partial charge in [0.25, 0.3) is 11.8 Å². The zero-order valence-electron chi connectivity index (χ0n) is 34.1. The number of fused-ring (bicyclic) bond motifs is 4. The molecule has 6 atom stereocenters. The largest absolute Gasteiger partial charge is 0.502 e. The van der Waals surface area contributed by atoms with Crippen molar-refractivity contribution >= 4 is 35.4 Å². The number of amides is 4. The molecule has 4 aromatic rings. The Kier molecular flexibility index (Phi) is 10.3. The average Bonchev–Trinajstić information content (AvgIpc) is 3.65. The third kappa shape index (κ3) is 6.46. The van der Waals surface area contributed by atoms with Crippen LogP contribution in [0.3, 0.4) is 0 Å². The van der Waals surface area contributed by atoms with Gasteiger partial charge in [-0.1, -0.05) is 102 Å². The van der Waals surface area contributed by atoms with Crippen molar-refractivity contribution in [1.29, 1.82) is 0 Å². The SMILES string of the molecule is COc1cc(C=CC2C3=CCC4C(=O)N(C5CCN(Cc6ccccc6)CC5)C(=O)C4C3CC3C(=O)N(Nc4ccc(C)cc4)C(=O)C23c2ccccc2)cc(OC)c1O. The van der Waals surface area contributed by atoms with E-state index >= 15 is 4.79 Å². The predicted octanol–water partition coefficient (Wildman–Crippen LogP) is 6.91. The third-order valence-corrected chi connectivity index (χ3v) is 13.6. The average molecular weight is 807 g/mol. The molecule has 308 valence electrons. The first kappa shape index (κ1) is 39.3. The summed E-state index contributed by atoms with van der Waals surface area (Å²) in [5.74, 6) is -3.97. The highest BCUT2D eigenvalue weighted by Gasteiger charge is 2.69. The first-order valence-electron chi connectivity index (χ1n) is 20.9. The van der Waals surface area contributed by atoms with E-state index in [1.54, 1.807) is 17.0 Å². The molecule has 0 bridgehead atoms. The number of benzene rings is 4. The molecular weight excluding hydrogens is 757 g/mol. The molecular formula is C49H50N4O7. The summed E-state index contributed by atoms with van der Waals surface area (Å²) in [5, 5.41) is 11.9. The fourth-order valence-corrected chi connectivity index (χ4v) is 10.8. The van der Waals surface area contributed by atoms with Gasteiger partial charge < -0.3 is 14.6 Å². The van der Waals surface area contributed by atoms with Crippen molar-refractivity contribution in [2.75, 3.05) is 32.7 Å². The smallest absolute Gasteiger partial charge is 0.260 e. The Bertz CT molecular complexity index is 2350. The number of nitrogens with zero attached hydrogens (tertiary/aromatic N) is 3. The number of piperidine rings is 1. The molecule has 1 saturated carbocycles. The molecule has 11 heteroatoms. The van der Waals surface area contributed by atoms with Gasteiger partial charge in [-0.25, -0.2) is 0 Å². The summed E-state index contributed by atoms with van der Waals surface area (Å²) in [7, 11) is 2.92. The lowest BCUT2D eigenvalue weighted by Crippen LogP contribution is -2.54. The van der Waals surface area contributed by atoms with Crippen molar-refractivity contribution in [3.63, 3.8) is 0 Å². The van der Waals surface area contributed by atoms with E-state index < -0.39 is 35.0 Å². The molecule has 3 saturated heterocycles. The second kappa shape index (κ2) is 15.8. The van der Waals surface area contributed by atoms with Crippen LogP contribution in [0.4, 0.5) is 5.69 Å². The van der Waals surface area contributed by atoms with E-state index in [2.05, 4.69) is 28.5 Å². The molecule has 4 amide bonds. The Morgan fingerprint density at radius 3 is 2.12 bits per heavy atom. The number of imide groups is 2. The summed E-state index contributed by atoms with van der Waals surface area (Å²) in [6.07, 6.45) is 7.87. The number of rotatable bonds is 10. The molecule has 3 heterocycles. The van der Waals surface area contributed by atoms with Crippen LogP contribution in [0, 0.1) is 36.5 Å². The standard InChI is InChI=1S/C49H50N4O7/c1-30-14-17-34(18-15-30)50-53-46(56)40-28-38-36(19-20-37-43(38)47(57)52(45(37)55)35-22-24-51(25-23-35)29-31-10-6-4-7-11-31)39(49(40,48(53)58)33-12-8-5-9-13-33)21-16-32-26-41(59-2)44(54)42(27-32)60-3/h4-19,21,26-27,35,37-40,43,50,54H,20,22-25,28-29H2,1-3H3. The number of nitrogens with one attached hydrogen (secondary N) is 1. The number of anilines is 1. The van der Waals surface area contributed by atoms with E-state index in [0.717, 1.165) is 30.8 Å². The van der Waals surface area contributed by atoms with E-state index in [-0.39, 0.29) is 53.3 Å². The second-order valence-corrected chi connectivity index (χ2v) is 16.8. The summed E-state index contributed by atoms with van der Waals surface area (Å²) >= 11 is 0. The van der Waals surface area contributed by atoms with Crippen LogP contribution < -0.4 is 14.9 Å². The molecule has 0 radical (unpaired) electrons. The molecule has 11 nitrogen and oxygen atoms in total. The van der Waals surface area contributed by atoms with Gasteiger partial charge in [-0.05, 0) is 79.5 Å². The maximum atomic E-state index is 15.4. The monoisotopic (exact) mass is 806 g/mol. The number of hydrazine groups is 1. The highest BCUT2D eigenvalue weighted by molar-refractivity contribution is 6.13. The Morgan fingerprint density at radius 1 is 0.817 bits per heavy atom. The first-order valence-corrected chi connectivity index (χ1v) is 20.9. The molecule has 9 rings (SSSR count). The highest BCUT2D eigenvalue weighted by atomic mass is 16.5. The van der Waals surface area contributed by atoms with Crippen molar-refractivity contribution in [1.82, 2.24) is 14.8 Å². The maximum absolute atomic E-state index is 15.4. The van der Waals surface area contributed by atoms with Gasteiger partial charge in [0.05, 0.1) is 43.1 Å². The molecule has 2 N–H and O–H groups in total. The van der Waals surface area contributed by atoms with Crippen LogP contribution in [-0.2, 0) is 31.1 Å². The minimum absolute atomic E-state index is 0.131. The van der Waals surface area contributed by atoms with Gasteiger partial charge >= 0.3 is 0 Å². The molecule has 5 aliphatic rings. The quantitative estimate of drug-likeness (QED) is 0.130. The number of aromatic hydroxyl groups is 1. The molecule has 0 aromatic heterocycles. The number of phenols is 1. The maximum Gasteiger partial charge on any atom is 0.260 e. The van der Waals surface area contributed by atoms with Gasteiger partial charge in [0.1, 0.15) is 0 Å². The first-order chi connectivity index (χ1) is 29.1. The number of carbonyl (C=O) groups is 4. The normalized spacial score (nSPS) is 26.9.